The molecule has 1 heterocycles. The standard InChI is InChI=1S/C5H5NO3.C2H6/c1-3(7)4-2-9-6-5(4)8;1-2/h2H,1H3,(H,6,8);1-2H3. The second-order valence-electron chi connectivity index (χ2n) is 1.64. The van der Waals surface area contributed by atoms with Crippen LogP contribution in [0, 0.1) is 0 Å². The fraction of sp³-hybridized carbons (Fsp3) is 0.429. The van der Waals surface area contributed by atoms with Crippen LogP contribution in [0.3, 0.4) is 0 Å². The van der Waals surface area contributed by atoms with Gasteiger partial charge in [0.2, 0.25) is 0 Å². The zero-order valence-corrected chi connectivity index (χ0v) is 6.80. The van der Waals surface area contributed by atoms with Crippen LogP contribution in [0.2, 0.25) is 0 Å². The van der Waals surface area contributed by atoms with E-state index in [9.17, 15) is 9.59 Å². The van der Waals surface area contributed by atoms with Crippen molar-refractivity contribution in [3.8, 4) is 0 Å². The highest BCUT2D eigenvalue weighted by Gasteiger charge is 2.05. The molecule has 62 valence electrons. The predicted molar refractivity (Wildman–Crippen MR) is 40.7 cm³/mol. The van der Waals surface area contributed by atoms with Crippen LogP contribution in [0.4, 0.5) is 0 Å². The maximum absolute atomic E-state index is 10.5. The Balaban J connectivity index is 0.000000461. The van der Waals surface area contributed by atoms with Crippen molar-refractivity contribution in [1.29, 1.82) is 0 Å². The molecule has 11 heavy (non-hydrogen) atoms. The van der Waals surface area contributed by atoms with Gasteiger partial charge in [0.1, 0.15) is 11.8 Å². The van der Waals surface area contributed by atoms with E-state index in [0.717, 1.165) is 6.26 Å². The number of hydrogen-bond donors (Lipinski definition) is 1. The van der Waals surface area contributed by atoms with Crippen LogP contribution >= 0.6 is 0 Å². The molecule has 0 amide bonds. The lowest BCUT2D eigenvalue weighted by Crippen LogP contribution is -2.08. The third-order valence-corrected chi connectivity index (χ3v) is 0.952. The van der Waals surface area contributed by atoms with Crippen LogP contribution in [0.5, 0.6) is 0 Å². The molecular formula is C7H11NO3. The second kappa shape index (κ2) is 4.49. The van der Waals surface area contributed by atoms with Crippen LogP contribution in [0.15, 0.2) is 15.6 Å². The Morgan fingerprint density at radius 1 is 1.55 bits per heavy atom. The van der Waals surface area contributed by atoms with Crippen molar-refractivity contribution < 1.29 is 9.32 Å². The Morgan fingerprint density at radius 2 is 2.09 bits per heavy atom. The summed E-state index contributed by atoms with van der Waals surface area (Å²) in [5.41, 5.74) is -0.405. The van der Waals surface area contributed by atoms with Gasteiger partial charge in [-0.2, -0.15) is 5.16 Å². The first kappa shape index (κ1) is 9.68. The Hall–Kier alpha value is -1.32. The Bertz CT molecular complexity index is 271. The highest BCUT2D eigenvalue weighted by molar-refractivity contribution is 5.93. The number of hydrogen-bond acceptors (Lipinski definition) is 3. The lowest BCUT2D eigenvalue weighted by atomic mass is 10.3. The molecule has 4 nitrogen and oxygen atoms in total. The number of carbonyl (C=O) groups is 1. The summed E-state index contributed by atoms with van der Waals surface area (Å²) in [4.78, 5) is 20.9. The third kappa shape index (κ3) is 2.41. The van der Waals surface area contributed by atoms with Crippen molar-refractivity contribution >= 4 is 5.78 Å². The Kier molecular flexibility index (Phi) is 3.95. The quantitative estimate of drug-likeness (QED) is 0.623. The van der Waals surface area contributed by atoms with Crippen molar-refractivity contribution in [3.63, 3.8) is 0 Å². The molecule has 0 aliphatic heterocycles. The van der Waals surface area contributed by atoms with Crippen molar-refractivity contribution in [2.24, 2.45) is 0 Å². The fourth-order valence-electron chi connectivity index (χ4n) is 0.493. The number of rotatable bonds is 1. The molecule has 1 aromatic rings. The lowest BCUT2D eigenvalue weighted by molar-refractivity contribution is 0.101. The Morgan fingerprint density at radius 3 is 2.27 bits per heavy atom. The fourth-order valence-corrected chi connectivity index (χ4v) is 0.493. The largest absolute Gasteiger partial charge is 0.386 e. The van der Waals surface area contributed by atoms with E-state index in [0.29, 0.717) is 0 Å². The minimum absolute atomic E-state index is 0.0648. The summed E-state index contributed by atoms with van der Waals surface area (Å²) >= 11 is 0. The first-order valence-electron chi connectivity index (χ1n) is 3.39. The van der Waals surface area contributed by atoms with E-state index in [2.05, 4.69) is 4.52 Å². The van der Waals surface area contributed by atoms with Gasteiger partial charge in [0.05, 0.1) is 0 Å². The number of H-pyrrole nitrogens is 1. The number of nitrogens with one attached hydrogen (secondary N) is 1. The maximum Gasteiger partial charge on any atom is 0.290 e. The number of carbonyl (C=O) groups excluding carboxylic acids is 1. The van der Waals surface area contributed by atoms with E-state index in [-0.39, 0.29) is 11.3 Å². The number of aromatic nitrogens is 1. The summed E-state index contributed by atoms with van der Waals surface area (Å²) in [7, 11) is 0. The van der Waals surface area contributed by atoms with Gasteiger partial charge in [-0.25, -0.2) is 0 Å². The molecule has 0 atom stereocenters. The first-order valence-corrected chi connectivity index (χ1v) is 3.39. The molecule has 0 fully saturated rings. The van der Waals surface area contributed by atoms with Crippen molar-refractivity contribution in [2.75, 3.05) is 0 Å². The molecule has 0 radical (unpaired) electrons. The summed E-state index contributed by atoms with van der Waals surface area (Å²) in [6.45, 7) is 5.31. The summed E-state index contributed by atoms with van der Waals surface area (Å²) in [6.07, 6.45) is 1.10. The molecule has 0 aliphatic carbocycles. The van der Waals surface area contributed by atoms with E-state index >= 15 is 0 Å². The van der Waals surface area contributed by atoms with Gasteiger partial charge in [0, 0.05) is 0 Å². The van der Waals surface area contributed by atoms with E-state index in [1.165, 1.54) is 6.92 Å². The number of aromatic amines is 1. The summed E-state index contributed by atoms with van der Waals surface area (Å²) < 4.78 is 4.35. The molecule has 1 aromatic heterocycles. The molecule has 0 aliphatic rings. The summed E-state index contributed by atoms with van der Waals surface area (Å²) in [5.74, 6) is -0.287. The molecule has 0 saturated heterocycles. The lowest BCUT2D eigenvalue weighted by Gasteiger charge is -1.75. The monoisotopic (exact) mass is 157 g/mol. The third-order valence-electron chi connectivity index (χ3n) is 0.952. The van der Waals surface area contributed by atoms with Gasteiger partial charge < -0.3 is 4.52 Å². The molecule has 4 heteroatoms. The van der Waals surface area contributed by atoms with E-state index in [1.54, 1.807) is 0 Å². The van der Waals surface area contributed by atoms with Gasteiger partial charge in [-0.3, -0.25) is 9.59 Å². The smallest absolute Gasteiger partial charge is 0.290 e. The van der Waals surface area contributed by atoms with Crippen molar-refractivity contribution in [1.82, 2.24) is 5.16 Å². The molecule has 0 saturated carbocycles. The van der Waals surface area contributed by atoms with Gasteiger partial charge in [-0.1, -0.05) is 13.8 Å². The molecule has 0 aromatic carbocycles. The first-order chi connectivity index (χ1) is 5.22. The van der Waals surface area contributed by atoms with Crippen LogP contribution < -0.4 is 5.56 Å². The van der Waals surface area contributed by atoms with Gasteiger partial charge in [-0.15, -0.1) is 0 Å². The topological polar surface area (TPSA) is 63.1 Å². The van der Waals surface area contributed by atoms with Crippen LogP contribution in [-0.4, -0.2) is 10.9 Å². The van der Waals surface area contributed by atoms with E-state index in [4.69, 9.17) is 0 Å². The zero-order chi connectivity index (χ0) is 8.85. The van der Waals surface area contributed by atoms with Gasteiger partial charge in [-0.05, 0) is 6.92 Å². The number of ketones is 1. The van der Waals surface area contributed by atoms with Crippen LogP contribution in [0.25, 0.3) is 0 Å². The predicted octanol–water partition coefficient (Wildman–Crippen LogP) is 1.20. The van der Waals surface area contributed by atoms with Gasteiger partial charge >= 0.3 is 0 Å². The van der Waals surface area contributed by atoms with E-state index in [1.807, 2.05) is 19.0 Å². The molecular weight excluding hydrogens is 146 g/mol. The molecule has 0 unspecified atom stereocenters. The van der Waals surface area contributed by atoms with Crippen LogP contribution in [-0.2, 0) is 0 Å². The highest BCUT2D eigenvalue weighted by Crippen LogP contribution is 1.88. The minimum atomic E-state index is -0.470. The zero-order valence-electron chi connectivity index (χ0n) is 6.80. The van der Waals surface area contributed by atoms with Crippen molar-refractivity contribution in [2.45, 2.75) is 20.8 Å². The Labute approximate surface area is 64.2 Å². The second-order valence-corrected chi connectivity index (χ2v) is 1.64. The molecule has 1 rings (SSSR count). The average molecular weight is 157 g/mol. The number of Topliss-reactive ketones (excluding diaryl/α,β-unsaturated/α-hetero) is 1. The highest BCUT2D eigenvalue weighted by atomic mass is 16.5. The summed E-state index contributed by atoms with van der Waals surface area (Å²) in [5, 5.41) is 2.00. The van der Waals surface area contributed by atoms with Crippen molar-refractivity contribution in [3.05, 3.63) is 22.2 Å². The molecule has 0 bridgehead atoms. The maximum atomic E-state index is 10.5. The average Bonchev–Trinajstić information content (AvgIpc) is 2.39. The van der Waals surface area contributed by atoms with Gasteiger partial charge in [0.25, 0.3) is 5.56 Å². The summed E-state index contributed by atoms with van der Waals surface area (Å²) in [6, 6.07) is 0. The van der Waals surface area contributed by atoms with Gasteiger partial charge in [0.15, 0.2) is 5.78 Å². The minimum Gasteiger partial charge on any atom is -0.386 e. The van der Waals surface area contributed by atoms with E-state index < -0.39 is 5.56 Å². The SMILES string of the molecule is CC.CC(=O)c1co[nH]c1=O. The molecule has 0 spiro atoms. The normalized spacial score (nSPS) is 8.27. The van der Waals surface area contributed by atoms with Crippen LogP contribution in [0.1, 0.15) is 31.1 Å². The molecule has 1 N–H and O–H groups in total.